The monoisotopic (exact) mass is 503 g/mol. The Bertz CT molecular complexity index is 1250. The maximum atomic E-state index is 14.4. The molecule has 12 heteroatoms. The van der Waals surface area contributed by atoms with Crippen LogP contribution in [-0.4, -0.2) is 42.7 Å². The summed E-state index contributed by atoms with van der Waals surface area (Å²) in [5, 5.41) is 15.9. The minimum Gasteiger partial charge on any atom is -0.393 e. The number of nitrogens with zero attached hydrogens (tertiary/aromatic N) is 4. The van der Waals surface area contributed by atoms with Crippen molar-refractivity contribution in [2.45, 2.75) is 69.6 Å². The van der Waals surface area contributed by atoms with E-state index < -0.39 is 23.1 Å². The number of nitrogens with two attached hydrogens (primary N) is 1. The smallest absolute Gasteiger partial charge is 0.224 e. The SMILES string of the molecule is NC(=O)C1CCC(n2c(Nc3c(F)cc(F)cc3F)nc3cnc(NC4CCC[C@H](O)C4)nc32)CC1. The normalized spacial score (nSPS) is 24.6. The zero-order valence-corrected chi connectivity index (χ0v) is 19.6. The van der Waals surface area contributed by atoms with Crippen LogP contribution >= 0.6 is 0 Å². The van der Waals surface area contributed by atoms with E-state index in [1.54, 1.807) is 4.57 Å². The minimum atomic E-state index is -1.09. The molecule has 0 aliphatic heterocycles. The quantitative estimate of drug-likeness (QED) is 0.401. The van der Waals surface area contributed by atoms with Crippen LogP contribution in [0.5, 0.6) is 0 Å². The van der Waals surface area contributed by atoms with Gasteiger partial charge in [-0.15, -0.1) is 0 Å². The van der Waals surface area contributed by atoms with E-state index in [1.165, 1.54) is 6.20 Å². The minimum absolute atomic E-state index is 0.0218. The first-order valence-corrected chi connectivity index (χ1v) is 12.2. The summed E-state index contributed by atoms with van der Waals surface area (Å²) in [5.41, 5.74) is 5.82. The van der Waals surface area contributed by atoms with Gasteiger partial charge in [-0.3, -0.25) is 9.36 Å². The van der Waals surface area contributed by atoms with Crippen LogP contribution in [0.3, 0.4) is 0 Å². The maximum absolute atomic E-state index is 14.4. The topological polar surface area (TPSA) is 131 Å². The summed E-state index contributed by atoms with van der Waals surface area (Å²) in [4.78, 5) is 25.2. The maximum Gasteiger partial charge on any atom is 0.224 e. The Kier molecular flexibility index (Phi) is 6.69. The molecule has 1 unspecified atom stereocenters. The number of nitrogens with one attached hydrogen (secondary N) is 2. The van der Waals surface area contributed by atoms with Crippen molar-refractivity contribution in [1.29, 1.82) is 0 Å². The molecule has 1 amide bonds. The number of aromatic nitrogens is 4. The number of aliphatic hydroxyl groups excluding tert-OH is 1. The summed E-state index contributed by atoms with van der Waals surface area (Å²) >= 11 is 0. The summed E-state index contributed by atoms with van der Waals surface area (Å²) in [6.07, 6.45) is 6.59. The largest absolute Gasteiger partial charge is 0.393 e. The van der Waals surface area contributed by atoms with Gasteiger partial charge in [-0.05, 0) is 51.4 Å². The van der Waals surface area contributed by atoms with Crippen LogP contribution in [0.1, 0.15) is 57.4 Å². The van der Waals surface area contributed by atoms with Crippen LogP contribution in [0.25, 0.3) is 11.2 Å². The number of imidazole rings is 1. The molecule has 2 heterocycles. The predicted octanol–water partition coefficient (Wildman–Crippen LogP) is 3.92. The third-order valence-electron chi connectivity index (χ3n) is 7.12. The number of carbonyl (C=O) groups excluding carboxylic acids is 1. The molecule has 0 bridgehead atoms. The summed E-state index contributed by atoms with van der Waals surface area (Å²) in [6, 6.07) is 1.04. The number of benzene rings is 1. The molecule has 2 fully saturated rings. The van der Waals surface area contributed by atoms with Crippen LogP contribution in [0.2, 0.25) is 0 Å². The summed E-state index contributed by atoms with van der Waals surface area (Å²) < 4.78 is 44.1. The van der Waals surface area contributed by atoms with Crippen molar-refractivity contribution in [3.8, 4) is 0 Å². The number of aliphatic hydroxyl groups is 1. The van der Waals surface area contributed by atoms with Gasteiger partial charge < -0.3 is 21.5 Å². The Morgan fingerprint density at radius 2 is 1.78 bits per heavy atom. The molecule has 5 rings (SSSR count). The molecule has 0 spiro atoms. The first-order chi connectivity index (χ1) is 17.3. The van der Waals surface area contributed by atoms with Crippen molar-refractivity contribution in [2.24, 2.45) is 11.7 Å². The number of anilines is 3. The van der Waals surface area contributed by atoms with E-state index in [0.717, 1.165) is 19.3 Å². The van der Waals surface area contributed by atoms with Gasteiger partial charge in [-0.2, -0.15) is 4.98 Å². The number of amides is 1. The van der Waals surface area contributed by atoms with E-state index in [2.05, 4.69) is 25.6 Å². The van der Waals surface area contributed by atoms with Gasteiger partial charge in [0.25, 0.3) is 0 Å². The Labute approximate surface area is 205 Å². The van der Waals surface area contributed by atoms with Crippen molar-refractivity contribution in [2.75, 3.05) is 10.6 Å². The molecule has 2 aliphatic carbocycles. The molecular weight excluding hydrogens is 475 g/mol. The van der Waals surface area contributed by atoms with Crippen LogP contribution in [-0.2, 0) is 4.79 Å². The first-order valence-electron chi connectivity index (χ1n) is 12.2. The van der Waals surface area contributed by atoms with Gasteiger partial charge in [0, 0.05) is 30.1 Å². The van der Waals surface area contributed by atoms with E-state index in [0.29, 0.717) is 61.3 Å². The lowest BCUT2D eigenvalue weighted by Gasteiger charge is -2.29. The molecule has 1 aromatic carbocycles. The molecule has 2 saturated carbocycles. The lowest BCUT2D eigenvalue weighted by Crippen LogP contribution is -2.30. The van der Waals surface area contributed by atoms with E-state index in [1.807, 2.05) is 0 Å². The number of primary amides is 1. The average Bonchev–Trinajstić information content (AvgIpc) is 3.18. The third kappa shape index (κ3) is 4.95. The number of hydrogen-bond acceptors (Lipinski definition) is 7. The van der Waals surface area contributed by atoms with Gasteiger partial charge in [0.2, 0.25) is 17.8 Å². The predicted molar refractivity (Wildman–Crippen MR) is 127 cm³/mol. The van der Waals surface area contributed by atoms with Crippen molar-refractivity contribution in [3.05, 3.63) is 35.8 Å². The van der Waals surface area contributed by atoms with Crippen molar-refractivity contribution in [3.63, 3.8) is 0 Å². The standard InChI is InChI=1S/C24H28F3N7O2/c25-13-8-17(26)20(18(27)9-13)32-24-31-19-11-29-23(30-14-2-1-3-16(35)10-14)33-22(19)34(24)15-6-4-12(5-7-15)21(28)36/h8-9,11-12,14-16,35H,1-7,10H2,(H2,28,36)(H,31,32)(H,29,30,33)/t12?,14?,15?,16-/m0/s1. The molecule has 2 aliphatic rings. The van der Waals surface area contributed by atoms with Crippen molar-refractivity contribution >= 4 is 34.7 Å². The van der Waals surface area contributed by atoms with Gasteiger partial charge in [-0.1, -0.05) is 0 Å². The molecule has 0 saturated heterocycles. The number of rotatable bonds is 6. The summed E-state index contributed by atoms with van der Waals surface area (Å²) in [7, 11) is 0. The van der Waals surface area contributed by atoms with Crippen LogP contribution in [0.4, 0.5) is 30.8 Å². The second-order valence-corrected chi connectivity index (χ2v) is 9.65. The molecule has 2 aromatic heterocycles. The number of halogens is 3. The fraction of sp³-hybridized carbons (Fsp3) is 0.500. The van der Waals surface area contributed by atoms with E-state index in [4.69, 9.17) is 5.73 Å². The van der Waals surface area contributed by atoms with Gasteiger partial charge in [0.1, 0.15) is 17.0 Å². The number of carbonyl (C=O) groups is 1. The van der Waals surface area contributed by atoms with E-state index >= 15 is 0 Å². The zero-order valence-electron chi connectivity index (χ0n) is 19.6. The van der Waals surface area contributed by atoms with Gasteiger partial charge >= 0.3 is 0 Å². The molecule has 36 heavy (non-hydrogen) atoms. The summed E-state index contributed by atoms with van der Waals surface area (Å²) in [5.74, 6) is -3.29. The average molecular weight is 504 g/mol. The highest BCUT2D eigenvalue weighted by Gasteiger charge is 2.30. The molecule has 3 aromatic rings. The molecule has 5 N–H and O–H groups in total. The van der Waals surface area contributed by atoms with E-state index in [9.17, 15) is 23.1 Å². The Hall–Kier alpha value is -3.41. The molecule has 9 nitrogen and oxygen atoms in total. The fourth-order valence-corrected chi connectivity index (χ4v) is 5.26. The number of hydrogen-bond donors (Lipinski definition) is 4. The van der Waals surface area contributed by atoms with Crippen LogP contribution in [0.15, 0.2) is 18.3 Å². The lowest BCUT2D eigenvalue weighted by atomic mass is 9.85. The first kappa shape index (κ1) is 24.3. The van der Waals surface area contributed by atoms with E-state index in [-0.39, 0.29) is 36.0 Å². The van der Waals surface area contributed by atoms with Crippen LogP contribution < -0.4 is 16.4 Å². The van der Waals surface area contributed by atoms with Gasteiger partial charge in [0.05, 0.1) is 12.3 Å². The molecule has 192 valence electrons. The number of fused-ring (bicyclic) bond motifs is 1. The highest BCUT2D eigenvalue weighted by Crippen LogP contribution is 2.37. The lowest BCUT2D eigenvalue weighted by molar-refractivity contribution is -0.122. The van der Waals surface area contributed by atoms with Gasteiger partial charge in [-0.25, -0.2) is 23.1 Å². The second-order valence-electron chi connectivity index (χ2n) is 9.65. The van der Waals surface area contributed by atoms with Crippen LogP contribution in [0, 0.1) is 23.4 Å². The highest BCUT2D eigenvalue weighted by atomic mass is 19.1. The molecule has 0 radical (unpaired) electrons. The second kappa shape index (κ2) is 9.92. The zero-order chi connectivity index (χ0) is 25.4. The van der Waals surface area contributed by atoms with Crippen molar-refractivity contribution in [1.82, 2.24) is 19.5 Å². The molecule has 2 atom stereocenters. The Morgan fingerprint density at radius 3 is 2.44 bits per heavy atom. The third-order valence-corrected chi connectivity index (χ3v) is 7.12. The van der Waals surface area contributed by atoms with Crippen molar-refractivity contribution < 1.29 is 23.1 Å². The fourth-order valence-electron chi connectivity index (χ4n) is 5.26. The Morgan fingerprint density at radius 1 is 1.06 bits per heavy atom. The highest BCUT2D eigenvalue weighted by molar-refractivity contribution is 5.78. The Balaban J connectivity index is 1.51. The molecular formula is C24H28F3N7O2. The summed E-state index contributed by atoms with van der Waals surface area (Å²) in [6.45, 7) is 0. The van der Waals surface area contributed by atoms with Gasteiger partial charge in [0.15, 0.2) is 17.3 Å².